The van der Waals surface area contributed by atoms with Gasteiger partial charge in [-0.2, -0.15) is 0 Å². The maximum atomic E-state index is 2.49. The van der Waals surface area contributed by atoms with Gasteiger partial charge in [0.15, 0.2) is 0 Å². The van der Waals surface area contributed by atoms with Crippen molar-refractivity contribution in [3.63, 3.8) is 0 Å². The second kappa shape index (κ2) is 14.0. The molecule has 0 saturated heterocycles. The molecule has 1 heteroatoms. The molecule has 0 atom stereocenters. The minimum Gasteiger partial charge on any atom is -0.309 e. The van der Waals surface area contributed by atoms with Crippen molar-refractivity contribution < 1.29 is 0 Å². The molecule has 2 aliphatic rings. The van der Waals surface area contributed by atoms with Crippen molar-refractivity contribution in [3.8, 4) is 28.1 Å². The molecule has 0 N–H and O–H groups in total. The van der Waals surface area contributed by atoms with E-state index in [1.165, 1.54) is 105 Å². The first-order valence-corrected chi connectivity index (χ1v) is 20.3. The van der Waals surface area contributed by atoms with Gasteiger partial charge in [0.05, 0.1) is 11.4 Å². The van der Waals surface area contributed by atoms with Crippen LogP contribution in [0.3, 0.4) is 0 Å². The molecule has 0 saturated carbocycles. The Morgan fingerprint density at radius 1 is 0.404 bits per heavy atom. The van der Waals surface area contributed by atoms with Crippen LogP contribution in [0, 0.1) is 0 Å². The second-order valence-electron chi connectivity index (χ2n) is 15.4. The van der Waals surface area contributed by atoms with Gasteiger partial charge in [-0.25, -0.2) is 0 Å². The topological polar surface area (TPSA) is 4.93 Å². The molecule has 1 nitrogen and oxygen atoms in total. The van der Waals surface area contributed by atoms with E-state index in [1.54, 1.807) is 0 Å². The van der Waals surface area contributed by atoms with Crippen LogP contribution in [0.4, 0.5) is 0 Å². The summed E-state index contributed by atoms with van der Waals surface area (Å²) in [5.41, 5.74) is 14.1. The highest BCUT2D eigenvalue weighted by atomic mass is 15.0. The Morgan fingerprint density at radius 3 is 1.89 bits per heavy atom. The van der Waals surface area contributed by atoms with Crippen LogP contribution in [0.5, 0.6) is 0 Å². The van der Waals surface area contributed by atoms with E-state index in [-0.39, 0.29) is 0 Å². The van der Waals surface area contributed by atoms with Crippen molar-refractivity contribution >= 4 is 59.8 Å². The Bertz CT molecular complexity index is 3160. The molecule has 0 unspecified atom stereocenters. The first-order chi connectivity index (χ1) is 28.3. The van der Waals surface area contributed by atoms with E-state index in [4.69, 9.17) is 0 Å². The van der Waals surface area contributed by atoms with Crippen LogP contribution in [-0.2, 0) is 0 Å². The van der Waals surface area contributed by atoms with Crippen molar-refractivity contribution in [1.82, 2.24) is 4.57 Å². The van der Waals surface area contributed by atoms with Gasteiger partial charge in [-0.05, 0) is 144 Å². The quantitative estimate of drug-likeness (QED) is 0.150. The standard InChI is InChI=1S/C56H41N/c1-3-16-41(17-4-1)53-34-35-54(42-18-5-2-6-19-42)57(53)46-32-33-51-52(37-46)55(43-29-26-39(27-30-43)45-31-28-38-14-7-8-20-44(38)36-45)49-23-11-12-24-50(49)56(51)48-25-13-21-40-15-9-10-22-47(40)48/h1,3-5,7-26,28-29,31-37H,2,6,27,30H2. The Kier molecular flexibility index (Phi) is 8.18. The van der Waals surface area contributed by atoms with Gasteiger partial charge in [0.1, 0.15) is 0 Å². The molecular formula is C56H41N. The molecule has 0 fully saturated rings. The minimum atomic E-state index is 0.970. The highest BCUT2D eigenvalue weighted by Crippen LogP contribution is 2.47. The highest BCUT2D eigenvalue weighted by Gasteiger charge is 2.23. The smallest absolute Gasteiger partial charge is 0.0535 e. The summed E-state index contributed by atoms with van der Waals surface area (Å²) in [7, 11) is 0. The second-order valence-corrected chi connectivity index (χ2v) is 15.4. The number of hydrogen-bond donors (Lipinski definition) is 0. The van der Waals surface area contributed by atoms with Gasteiger partial charge in [0.25, 0.3) is 0 Å². The molecular weight excluding hydrogens is 687 g/mol. The Balaban J connectivity index is 1.19. The Morgan fingerprint density at radius 2 is 1.09 bits per heavy atom. The molecule has 0 amide bonds. The molecule has 1 aromatic heterocycles. The maximum Gasteiger partial charge on any atom is 0.0535 e. The van der Waals surface area contributed by atoms with Crippen LogP contribution in [0.15, 0.2) is 200 Å². The van der Waals surface area contributed by atoms with Gasteiger partial charge >= 0.3 is 0 Å². The molecule has 270 valence electrons. The van der Waals surface area contributed by atoms with E-state index in [2.05, 4.69) is 205 Å². The highest BCUT2D eigenvalue weighted by molar-refractivity contribution is 6.21. The fourth-order valence-electron chi connectivity index (χ4n) is 9.44. The number of nitrogens with zero attached hydrogens (tertiary/aromatic N) is 1. The maximum absolute atomic E-state index is 2.49. The number of allylic oxidation sites excluding steroid dienone is 8. The fraction of sp³-hybridized carbons (Fsp3) is 0.0714. The molecule has 57 heavy (non-hydrogen) atoms. The lowest BCUT2D eigenvalue weighted by molar-refractivity contribution is 1.02. The van der Waals surface area contributed by atoms with E-state index >= 15 is 0 Å². The Hall–Kier alpha value is -6.96. The number of hydrogen-bond acceptors (Lipinski definition) is 0. The van der Waals surface area contributed by atoms with Crippen molar-refractivity contribution in [2.24, 2.45) is 0 Å². The first-order valence-electron chi connectivity index (χ1n) is 20.3. The molecule has 0 aliphatic heterocycles. The number of rotatable bonds is 6. The molecule has 0 radical (unpaired) electrons. The lowest BCUT2D eigenvalue weighted by Crippen LogP contribution is -2.03. The SMILES string of the molecule is C1=CC(c2ccc(-c3ccccc3)n2-c2ccc3c(-c4cccc5ccccc45)c4ccccc4c(C4=CC=C(c5ccc6ccccc6c5)CC4)c3c2)=CCC1. The summed E-state index contributed by atoms with van der Waals surface area (Å²) in [6, 6.07) is 62.9. The van der Waals surface area contributed by atoms with Crippen LogP contribution >= 0.6 is 0 Å². The first kappa shape index (κ1) is 33.4. The molecule has 9 aromatic rings. The Labute approximate surface area is 333 Å². The average molecular weight is 728 g/mol. The van der Waals surface area contributed by atoms with Crippen LogP contribution in [0.1, 0.15) is 42.5 Å². The van der Waals surface area contributed by atoms with Crippen molar-refractivity contribution in [3.05, 3.63) is 217 Å². The summed E-state index contributed by atoms with van der Waals surface area (Å²) < 4.78 is 2.49. The zero-order valence-corrected chi connectivity index (χ0v) is 31.8. The van der Waals surface area contributed by atoms with Gasteiger partial charge < -0.3 is 4.57 Å². The zero-order chi connectivity index (χ0) is 37.7. The monoisotopic (exact) mass is 727 g/mol. The van der Waals surface area contributed by atoms with Crippen LogP contribution in [0.2, 0.25) is 0 Å². The largest absolute Gasteiger partial charge is 0.309 e. The number of aromatic nitrogens is 1. The van der Waals surface area contributed by atoms with E-state index in [1.807, 2.05) is 0 Å². The summed E-state index contributed by atoms with van der Waals surface area (Å²) in [5.74, 6) is 0. The lowest BCUT2D eigenvalue weighted by atomic mass is 9.81. The lowest BCUT2D eigenvalue weighted by Gasteiger charge is -2.23. The average Bonchev–Trinajstić information content (AvgIpc) is 3.74. The molecule has 2 aliphatic carbocycles. The summed E-state index contributed by atoms with van der Waals surface area (Å²) in [4.78, 5) is 0. The van der Waals surface area contributed by atoms with Gasteiger partial charge in [-0.3, -0.25) is 0 Å². The predicted octanol–water partition coefficient (Wildman–Crippen LogP) is 15.4. The van der Waals surface area contributed by atoms with Crippen molar-refractivity contribution in [2.75, 3.05) is 0 Å². The van der Waals surface area contributed by atoms with E-state index in [0.29, 0.717) is 0 Å². The summed E-state index contributed by atoms with van der Waals surface area (Å²) >= 11 is 0. The predicted molar refractivity (Wildman–Crippen MR) is 245 cm³/mol. The van der Waals surface area contributed by atoms with E-state index < -0.39 is 0 Å². The summed E-state index contributed by atoms with van der Waals surface area (Å²) in [6.45, 7) is 0. The van der Waals surface area contributed by atoms with Gasteiger partial charge in [0, 0.05) is 5.69 Å². The van der Waals surface area contributed by atoms with Gasteiger partial charge in [-0.15, -0.1) is 0 Å². The molecule has 1 heterocycles. The van der Waals surface area contributed by atoms with Crippen LogP contribution in [0.25, 0.3) is 87.9 Å². The normalized spacial score (nSPS) is 14.3. The molecule has 0 bridgehead atoms. The molecule has 11 rings (SSSR count). The van der Waals surface area contributed by atoms with Crippen molar-refractivity contribution in [1.29, 1.82) is 0 Å². The third kappa shape index (κ3) is 5.78. The minimum absolute atomic E-state index is 0.970. The fourth-order valence-corrected chi connectivity index (χ4v) is 9.44. The molecule has 8 aromatic carbocycles. The number of fused-ring (bicyclic) bond motifs is 4. The van der Waals surface area contributed by atoms with Crippen molar-refractivity contribution in [2.45, 2.75) is 25.7 Å². The van der Waals surface area contributed by atoms with Crippen LogP contribution in [-0.4, -0.2) is 4.57 Å². The van der Waals surface area contributed by atoms with E-state index in [0.717, 1.165) is 25.7 Å². The van der Waals surface area contributed by atoms with Gasteiger partial charge in [-0.1, -0.05) is 170 Å². The third-order valence-electron chi connectivity index (χ3n) is 12.2. The third-order valence-corrected chi connectivity index (χ3v) is 12.2. The number of benzene rings is 8. The van der Waals surface area contributed by atoms with Gasteiger partial charge in [0.2, 0.25) is 0 Å². The van der Waals surface area contributed by atoms with E-state index in [9.17, 15) is 0 Å². The van der Waals surface area contributed by atoms with Crippen LogP contribution < -0.4 is 0 Å². The molecule has 0 spiro atoms. The zero-order valence-electron chi connectivity index (χ0n) is 31.8. The summed E-state index contributed by atoms with van der Waals surface area (Å²) in [6.07, 6.45) is 15.9. The summed E-state index contributed by atoms with van der Waals surface area (Å²) in [5, 5.41) is 10.3.